The molecule has 20 heteroatoms. The number of esters is 2. The summed E-state index contributed by atoms with van der Waals surface area (Å²) in [5.74, 6) is -3.56. The first-order valence-corrected chi connectivity index (χ1v) is 22.9. The van der Waals surface area contributed by atoms with Gasteiger partial charge < -0.3 is 35.1 Å². The van der Waals surface area contributed by atoms with Crippen molar-refractivity contribution in [2.24, 2.45) is 0 Å². The largest absolute Gasteiger partial charge is 0.478 e. The lowest BCUT2D eigenvalue weighted by molar-refractivity contribution is -0.150. The molecule has 1 aromatic heterocycles. The summed E-state index contributed by atoms with van der Waals surface area (Å²) >= 11 is 24.5. The van der Waals surface area contributed by atoms with Crippen molar-refractivity contribution in [2.75, 3.05) is 7.05 Å². The van der Waals surface area contributed by atoms with Crippen LogP contribution in [0, 0.1) is 0 Å². The van der Waals surface area contributed by atoms with Crippen LogP contribution in [-0.2, 0) is 43.2 Å². The second kappa shape index (κ2) is 24.5. The summed E-state index contributed by atoms with van der Waals surface area (Å²) in [7, 11) is 1.62. The van der Waals surface area contributed by atoms with Crippen molar-refractivity contribution in [2.45, 2.75) is 71.4 Å². The molecule has 0 saturated heterocycles. The molecule has 0 aliphatic carbocycles. The predicted octanol–water partition coefficient (Wildman–Crippen LogP) is 7.85. The van der Waals surface area contributed by atoms with Crippen LogP contribution in [0.2, 0.25) is 20.1 Å². The Hall–Kier alpha value is -6.98. The fraction of sp³-hybridized carbons (Fsp3) is 0.240. The third-order valence-corrected chi connectivity index (χ3v) is 11.4. The Kier molecular flexibility index (Phi) is 18.9. The van der Waals surface area contributed by atoms with Gasteiger partial charge in [-0.25, -0.2) is 23.7 Å². The molecular weight excluding hydrogens is 988 g/mol. The Morgan fingerprint density at radius 1 is 0.671 bits per heavy atom. The van der Waals surface area contributed by atoms with Crippen LogP contribution in [0.3, 0.4) is 0 Å². The summed E-state index contributed by atoms with van der Waals surface area (Å²) in [5.41, 5.74) is 1.75. The number of carboxylic acid groups (broad SMARTS) is 1. The molecule has 3 amide bonds. The zero-order valence-electron chi connectivity index (χ0n) is 38.3. The maximum atomic E-state index is 13.4. The van der Waals surface area contributed by atoms with Gasteiger partial charge in [-0.2, -0.15) is 0 Å². The van der Waals surface area contributed by atoms with E-state index >= 15 is 0 Å². The Balaban J connectivity index is 0.000000283. The highest BCUT2D eigenvalue weighted by Crippen LogP contribution is 2.26. The Morgan fingerprint density at radius 3 is 1.51 bits per heavy atom. The molecule has 0 aliphatic rings. The van der Waals surface area contributed by atoms with E-state index < -0.39 is 59.2 Å². The van der Waals surface area contributed by atoms with Gasteiger partial charge in [-0.05, 0) is 105 Å². The predicted molar refractivity (Wildman–Crippen MR) is 266 cm³/mol. The molecule has 0 aliphatic heterocycles. The molecule has 6 aromatic rings. The summed E-state index contributed by atoms with van der Waals surface area (Å²) in [5, 5.41) is 15.1. The lowest BCUT2D eigenvalue weighted by Crippen LogP contribution is -2.44. The van der Waals surface area contributed by atoms with E-state index in [1.54, 1.807) is 101 Å². The molecule has 1 heterocycles. The molecule has 70 heavy (non-hydrogen) atoms. The highest BCUT2D eigenvalue weighted by molar-refractivity contribution is 6.40. The van der Waals surface area contributed by atoms with Gasteiger partial charge in [0, 0.05) is 26.4 Å². The van der Waals surface area contributed by atoms with Crippen molar-refractivity contribution >= 4 is 93.4 Å². The third-order valence-electron chi connectivity index (χ3n) is 10.1. The number of ether oxygens (including phenoxy) is 2. The fourth-order valence-corrected chi connectivity index (χ4v) is 8.00. The van der Waals surface area contributed by atoms with Crippen LogP contribution < -0.4 is 21.9 Å². The van der Waals surface area contributed by atoms with Crippen LogP contribution in [0.15, 0.2) is 113 Å². The third kappa shape index (κ3) is 14.3. The minimum atomic E-state index is -1.08. The van der Waals surface area contributed by atoms with Crippen molar-refractivity contribution in [1.82, 2.24) is 25.1 Å². The maximum Gasteiger partial charge on any atom is 0.335 e. The van der Waals surface area contributed by atoms with E-state index in [-0.39, 0.29) is 61.1 Å². The molecule has 2 atom stereocenters. The highest BCUT2D eigenvalue weighted by Gasteiger charge is 2.28. The fourth-order valence-electron chi connectivity index (χ4n) is 6.86. The first-order valence-electron chi connectivity index (χ1n) is 21.4. The summed E-state index contributed by atoms with van der Waals surface area (Å²) in [6.07, 6.45) is 0.0517. The summed E-state index contributed by atoms with van der Waals surface area (Å²) in [4.78, 5) is 103. The molecule has 6 rings (SSSR count). The minimum absolute atomic E-state index is 0.0365. The Labute approximate surface area is 421 Å². The van der Waals surface area contributed by atoms with E-state index in [0.29, 0.717) is 35.3 Å². The Morgan fingerprint density at radius 2 is 1.10 bits per heavy atom. The average molecular weight is 1040 g/mol. The standard InChI is InChI=1S/C30H28Cl2N4O6.C20H19Cl2NO5/c1-17(2)42-29(40)25(33-27(38)26-22(31)5-4-6-23(26)32)14-18-7-10-20(11-8-18)36-28(39)21-13-19(15-35(3)16-37)9-12-24(21)34-30(36)41;1-11(2)28-20(27)16(10-12-6-8-13(9-7-12)19(25)26)23-18(24)17-14(21)4-3-5-15(17)22/h4-13,16-17,25H,14-15H2,1-3H3,(H,33,38)(H,34,41);3-9,11,16H,10H2,1-2H3,(H,23,24)(H,25,26)/t25-;16-/m00/s1. The van der Waals surface area contributed by atoms with Crippen LogP contribution >= 0.6 is 46.4 Å². The molecule has 0 fully saturated rings. The number of nitrogens with zero attached hydrogens (tertiary/aromatic N) is 2. The summed E-state index contributed by atoms with van der Waals surface area (Å²) in [6, 6.07) is 24.6. The molecule has 366 valence electrons. The first kappa shape index (κ1) is 54.0. The molecule has 16 nitrogen and oxygen atoms in total. The first-order chi connectivity index (χ1) is 33.2. The lowest BCUT2D eigenvalue weighted by atomic mass is 10.0. The normalized spacial score (nSPS) is 11.8. The van der Waals surface area contributed by atoms with Crippen LogP contribution in [0.5, 0.6) is 0 Å². The number of aromatic nitrogens is 2. The number of carboxylic acids is 1. The van der Waals surface area contributed by atoms with Crippen molar-refractivity contribution in [3.63, 3.8) is 0 Å². The number of H-pyrrole nitrogens is 1. The van der Waals surface area contributed by atoms with Crippen molar-refractivity contribution in [1.29, 1.82) is 0 Å². The highest BCUT2D eigenvalue weighted by atomic mass is 35.5. The number of hydrogen-bond donors (Lipinski definition) is 4. The number of nitrogens with one attached hydrogen (secondary N) is 3. The Bertz CT molecular complexity index is 2990. The van der Waals surface area contributed by atoms with E-state index in [2.05, 4.69) is 15.6 Å². The number of benzene rings is 5. The number of hydrogen-bond acceptors (Lipinski definition) is 10. The van der Waals surface area contributed by atoms with Gasteiger partial charge in [-0.15, -0.1) is 0 Å². The zero-order chi connectivity index (χ0) is 51.4. The van der Waals surface area contributed by atoms with Crippen molar-refractivity contribution < 1.29 is 43.3 Å². The molecule has 0 saturated carbocycles. The molecular formula is C50H47Cl4N5O11. The van der Waals surface area contributed by atoms with E-state index in [4.69, 9.17) is 61.0 Å². The number of aromatic carboxylic acids is 1. The molecule has 0 spiro atoms. The topological polar surface area (TPSA) is 223 Å². The van der Waals surface area contributed by atoms with E-state index in [0.717, 1.165) is 10.1 Å². The van der Waals surface area contributed by atoms with Crippen LogP contribution in [0.25, 0.3) is 16.6 Å². The minimum Gasteiger partial charge on any atom is -0.478 e. The number of halogens is 4. The van der Waals surface area contributed by atoms with Gasteiger partial charge in [0.15, 0.2) is 0 Å². The molecule has 4 N–H and O–H groups in total. The van der Waals surface area contributed by atoms with Gasteiger partial charge in [0.1, 0.15) is 12.1 Å². The number of rotatable bonds is 17. The number of carbonyl (C=O) groups is 6. The van der Waals surface area contributed by atoms with E-state index in [9.17, 15) is 38.4 Å². The molecule has 0 unspecified atom stereocenters. The van der Waals surface area contributed by atoms with E-state index in [1.165, 1.54) is 41.3 Å². The van der Waals surface area contributed by atoms with Gasteiger partial charge >= 0.3 is 23.6 Å². The van der Waals surface area contributed by atoms with Crippen molar-refractivity contribution in [3.8, 4) is 5.69 Å². The molecule has 5 aromatic carbocycles. The quantitative estimate of drug-likeness (QED) is 0.0509. The average Bonchev–Trinajstić information content (AvgIpc) is 3.29. The number of carbonyl (C=O) groups excluding carboxylic acids is 5. The van der Waals surface area contributed by atoms with Gasteiger partial charge in [-0.1, -0.05) is 88.9 Å². The van der Waals surface area contributed by atoms with Gasteiger partial charge in [0.05, 0.1) is 65.6 Å². The van der Waals surface area contributed by atoms with E-state index in [1.807, 2.05) is 0 Å². The summed E-state index contributed by atoms with van der Waals surface area (Å²) in [6.45, 7) is 7.08. The van der Waals surface area contributed by atoms with Crippen molar-refractivity contribution in [3.05, 3.63) is 177 Å². The van der Waals surface area contributed by atoms with Crippen LogP contribution in [0.4, 0.5) is 0 Å². The van der Waals surface area contributed by atoms with Crippen LogP contribution in [0.1, 0.15) is 75.5 Å². The molecule has 0 radical (unpaired) electrons. The van der Waals surface area contributed by atoms with Gasteiger partial charge in [0.25, 0.3) is 17.4 Å². The monoisotopic (exact) mass is 1030 g/mol. The summed E-state index contributed by atoms with van der Waals surface area (Å²) < 4.78 is 11.6. The van der Waals surface area contributed by atoms with Crippen LogP contribution in [-0.4, -0.2) is 87.0 Å². The molecule has 0 bridgehead atoms. The maximum absolute atomic E-state index is 13.4. The number of fused-ring (bicyclic) bond motifs is 1. The number of amides is 3. The smallest absolute Gasteiger partial charge is 0.335 e. The second-order valence-corrected chi connectivity index (χ2v) is 17.9. The SMILES string of the molecule is CC(C)OC(=O)[C@H](Cc1ccc(-n2c(=O)[nH]c3ccc(CN(C)C=O)cc3c2=O)cc1)NC(=O)c1c(Cl)cccc1Cl.CC(C)OC(=O)[C@H](Cc1ccc(C(=O)O)cc1)NC(=O)c1c(Cl)cccc1Cl. The van der Waals surface area contributed by atoms with Gasteiger partial charge in [-0.3, -0.25) is 19.2 Å². The zero-order valence-corrected chi connectivity index (χ0v) is 41.3. The number of aromatic amines is 1. The second-order valence-electron chi connectivity index (χ2n) is 16.3. The lowest BCUT2D eigenvalue weighted by Gasteiger charge is -2.20. The van der Waals surface area contributed by atoms with Gasteiger partial charge in [0.2, 0.25) is 6.41 Å².